The summed E-state index contributed by atoms with van der Waals surface area (Å²) in [7, 11) is -2.19. The summed E-state index contributed by atoms with van der Waals surface area (Å²) >= 11 is 0. The summed E-state index contributed by atoms with van der Waals surface area (Å²) in [6.45, 7) is 10.5. The number of hydrogen-bond acceptors (Lipinski definition) is 6. The fourth-order valence-electron chi connectivity index (χ4n) is 4.22. The molecule has 1 aromatic carbocycles. The molecule has 2 heterocycles. The van der Waals surface area contributed by atoms with E-state index >= 15 is 0 Å². The van der Waals surface area contributed by atoms with E-state index in [1.165, 1.54) is 12.3 Å². The number of aromatic nitrogens is 3. The van der Waals surface area contributed by atoms with Crippen molar-refractivity contribution in [1.82, 2.24) is 14.8 Å². The SMILES string of the molecule is CCCn1nc(C)cc1CN(C)c1ncc(NS(=O)(=O)c2c(C)cc(C)cc2C)cc1C(=O)O. The van der Waals surface area contributed by atoms with Gasteiger partial charge >= 0.3 is 5.97 Å². The molecule has 182 valence electrons. The normalized spacial score (nSPS) is 11.5. The fourth-order valence-corrected chi connectivity index (χ4v) is 5.71. The summed E-state index contributed by atoms with van der Waals surface area (Å²) in [6, 6.07) is 6.85. The van der Waals surface area contributed by atoms with Crippen molar-refractivity contribution >= 4 is 27.5 Å². The van der Waals surface area contributed by atoms with Crippen LogP contribution >= 0.6 is 0 Å². The minimum absolute atomic E-state index is 0.0841. The van der Waals surface area contributed by atoms with Gasteiger partial charge in [0.25, 0.3) is 10.0 Å². The third kappa shape index (κ3) is 5.39. The van der Waals surface area contributed by atoms with Gasteiger partial charge in [0.05, 0.1) is 34.7 Å². The molecule has 0 bridgehead atoms. The zero-order valence-corrected chi connectivity index (χ0v) is 21.2. The number of pyridine rings is 1. The summed E-state index contributed by atoms with van der Waals surface area (Å²) < 4.78 is 30.6. The number of rotatable bonds is 9. The van der Waals surface area contributed by atoms with Crippen molar-refractivity contribution in [2.24, 2.45) is 0 Å². The Morgan fingerprint density at radius 2 is 1.76 bits per heavy atom. The van der Waals surface area contributed by atoms with Gasteiger partial charge < -0.3 is 10.0 Å². The molecule has 9 nitrogen and oxygen atoms in total. The van der Waals surface area contributed by atoms with Gasteiger partial charge in [0.15, 0.2) is 0 Å². The third-order valence-corrected chi connectivity index (χ3v) is 7.09. The summed E-state index contributed by atoms with van der Waals surface area (Å²) in [5.41, 5.74) is 4.01. The molecular weight excluding hydrogens is 454 g/mol. The number of aryl methyl sites for hydroxylation is 5. The molecule has 0 spiro atoms. The second-order valence-corrected chi connectivity index (χ2v) is 10.2. The van der Waals surface area contributed by atoms with Gasteiger partial charge in [0.1, 0.15) is 11.4 Å². The number of carboxylic acid groups (broad SMARTS) is 1. The maximum absolute atomic E-state index is 13.1. The lowest BCUT2D eigenvalue weighted by Gasteiger charge is -2.21. The number of hydrogen-bond donors (Lipinski definition) is 2. The van der Waals surface area contributed by atoms with Gasteiger partial charge in [-0.05, 0) is 57.4 Å². The summed E-state index contributed by atoms with van der Waals surface area (Å²) in [5.74, 6) is -0.962. The van der Waals surface area contributed by atoms with Crippen molar-refractivity contribution in [3.05, 3.63) is 64.1 Å². The molecule has 34 heavy (non-hydrogen) atoms. The molecule has 3 aromatic rings. The second-order valence-electron chi connectivity index (χ2n) is 8.59. The van der Waals surface area contributed by atoms with Crippen LogP contribution < -0.4 is 9.62 Å². The van der Waals surface area contributed by atoms with Crippen molar-refractivity contribution in [2.45, 2.75) is 59.0 Å². The molecule has 0 unspecified atom stereocenters. The minimum Gasteiger partial charge on any atom is -0.478 e. The smallest absolute Gasteiger partial charge is 0.339 e. The van der Waals surface area contributed by atoms with E-state index in [0.29, 0.717) is 17.7 Å². The molecule has 0 aliphatic heterocycles. The lowest BCUT2D eigenvalue weighted by atomic mass is 10.1. The Bertz CT molecular complexity index is 1310. The van der Waals surface area contributed by atoms with E-state index in [0.717, 1.165) is 29.9 Å². The molecule has 10 heteroatoms. The quantitative estimate of drug-likeness (QED) is 0.469. The van der Waals surface area contributed by atoms with E-state index < -0.39 is 16.0 Å². The number of anilines is 2. The molecular formula is C24H31N5O4S. The van der Waals surface area contributed by atoms with E-state index in [1.807, 2.05) is 24.6 Å². The molecule has 0 amide bonds. The molecule has 0 atom stereocenters. The Morgan fingerprint density at radius 3 is 2.35 bits per heavy atom. The Morgan fingerprint density at radius 1 is 1.12 bits per heavy atom. The topological polar surface area (TPSA) is 117 Å². The van der Waals surface area contributed by atoms with Crippen LogP contribution in [0.4, 0.5) is 11.5 Å². The Balaban J connectivity index is 1.92. The Hall–Kier alpha value is -3.40. The minimum atomic E-state index is -3.93. The maximum Gasteiger partial charge on any atom is 0.339 e. The standard InChI is InChI=1S/C24H31N5O4S/c1-7-8-29-20(11-18(5)26-29)14-28(6)23-21(24(30)31)12-19(13-25-23)27-34(32,33)22-16(3)9-15(2)10-17(22)4/h9-13,27H,7-8,14H2,1-6H3,(H,30,31). The molecule has 2 aromatic heterocycles. The summed E-state index contributed by atoms with van der Waals surface area (Å²) in [4.78, 5) is 18.2. The van der Waals surface area contributed by atoms with E-state index in [9.17, 15) is 18.3 Å². The van der Waals surface area contributed by atoms with Crippen LogP contribution in [0.2, 0.25) is 0 Å². The lowest BCUT2D eigenvalue weighted by Crippen LogP contribution is -2.23. The van der Waals surface area contributed by atoms with Crippen LogP contribution in [0, 0.1) is 27.7 Å². The van der Waals surface area contributed by atoms with Gasteiger partial charge in [-0.25, -0.2) is 18.2 Å². The van der Waals surface area contributed by atoms with Crippen molar-refractivity contribution < 1.29 is 18.3 Å². The lowest BCUT2D eigenvalue weighted by molar-refractivity contribution is 0.0697. The average Bonchev–Trinajstić information content (AvgIpc) is 3.05. The van der Waals surface area contributed by atoms with Crippen molar-refractivity contribution in [3.8, 4) is 0 Å². The van der Waals surface area contributed by atoms with Crippen LogP contribution in [0.5, 0.6) is 0 Å². The second kappa shape index (κ2) is 9.84. The predicted octanol–water partition coefficient (Wildman–Crippen LogP) is 4.06. The van der Waals surface area contributed by atoms with Gasteiger partial charge in [-0.15, -0.1) is 0 Å². The van der Waals surface area contributed by atoms with Crippen LogP contribution in [0.15, 0.2) is 35.4 Å². The number of nitrogens with one attached hydrogen (secondary N) is 1. The van der Waals surface area contributed by atoms with Crippen LogP contribution in [-0.4, -0.2) is 41.3 Å². The Kier molecular flexibility index (Phi) is 7.30. The van der Waals surface area contributed by atoms with E-state index in [-0.39, 0.29) is 22.0 Å². The number of carbonyl (C=O) groups is 1. The predicted molar refractivity (Wildman–Crippen MR) is 132 cm³/mol. The number of aromatic carboxylic acids is 1. The first kappa shape index (κ1) is 25.2. The largest absolute Gasteiger partial charge is 0.478 e. The van der Waals surface area contributed by atoms with E-state index in [1.54, 1.807) is 37.9 Å². The molecule has 0 fully saturated rings. The highest BCUT2D eigenvalue weighted by atomic mass is 32.2. The van der Waals surface area contributed by atoms with Crippen LogP contribution in [0.25, 0.3) is 0 Å². The van der Waals surface area contributed by atoms with Crippen LogP contribution in [0.3, 0.4) is 0 Å². The first-order chi connectivity index (χ1) is 15.9. The van der Waals surface area contributed by atoms with Crippen LogP contribution in [-0.2, 0) is 23.1 Å². The highest BCUT2D eigenvalue weighted by molar-refractivity contribution is 7.92. The Labute approximate surface area is 200 Å². The average molecular weight is 486 g/mol. The molecule has 0 aliphatic rings. The highest BCUT2D eigenvalue weighted by Crippen LogP contribution is 2.27. The van der Waals surface area contributed by atoms with Crippen molar-refractivity contribution in [1.29, 1.82) is 0 Å². The van der Waals surface area contributed by atoms with Gasteiger partial charge in [0.2, 0.25) is 0 Å². The number of carboxylic acids is 1. The van der Waals surface area contributed by atoms with Gasteiger partial charge in [-0.3, -0.25) is 9.40 Å². The summed E-state index contributed by atoms with van der Waals surface area (Å²) in [5, 5.41) is 14.3. The number of nitrogens with zero attached hydrogens (tertiary/aromatic N) is 4. The summed E-state index contributed by atoms with van der Waals surface area (Å²) in [6.07, 6.45) is 2.26. The van der Waals surface area contributed by atoms with E-state index in [2.05, 4.69) is 21.7 Å². The van der Waals surface area contributed by atoms with E-state index in [4.69, 9.17) is 0 Å². The number of sulfonamides is 1. The number of benzene rings is 1. The highest BCUT2D eigenvalue weighted by Gasteiger charge is 2.23. The van der Waals surface area contributed by atoms with Gasteiger partial charge in [0, 0.05) is 13.6 Å². The molecule has 2 N–H and O–H groups in total. The maximum atomic E-state index is 13.1. The fraction of sp³-hybridized carbons (Fsp3) is 0.375. The molecule has 0 radical (unpaired) electrons. The molecule has 3 rings (SSSR count). The third-order valence-electron chi connectivity index (χ3n) is 5.40. The first-order valence-corrected chi connectivity index (χ1v) is 12.5. The molecule has 0 saturated heterocycles. The first-order valence-electron chi connectivity index (χ1n) is 11.0. The zero-order chi connectivity index (χ0) is 25.2. The monoisotopic (exact) mass is 485 g/mol. The zero-order valence-electron chi connectivity index (χ0n) is 20.4. The molecule has 0 saturated carbocycles. The van der Waals surface area contributed by atoms with Gasteiger partial charge in [-0.1, -0.05) is 24.6 Å². The molecule has 0 aliphatic carbocycles. The van der Waals surface area contributed by atoms with Crippen molar-refractivity contribution in [2.75, 3.05) is 16.7 Å². The van der Waals surface area contributed by atoms with Crippen LogP contribution in [0.1, 0.15) is 51.8 Å². The van der Waals surface area contributed by atoms with Crippen molar-refractivity contribution in [3.63, 3.8) is 0 Å². The van der Waals surface area contributed by atoms with Gasteiger partial charge in [-0.2, -0.15) is 5.10 Å².